The molecule has 48 valence electrons. The van der Waals surface area contributed by atoms with Crippen molar-refractivity contribution in [2.45, 2.75) is 0 Å². The molecule has 2 N–H and O–H groups in total. The smallest absolute Gasteiger partial charge is 1.00 e. The average molecular weight is 166 g/mol. The van der Waals surface area contributed by atoms with Gasteiger partial charge in [-0.05, 0) is 0 Å². The van der Waals surface area contributed by atoms with Gasteiger partial charge in [0.05, 0.1) is 0 Å². The zero-order valence-electron chi connectivity index (χ0n) is 5.61. The average Bonchev–Trinajstić information content (AvgIpc) is 1.64. The van der Waals surface area contributed by atoms with Gasteiger partial charge in [-0.25, -0.2) is 4.39 Å². The van der Waals surface area contributed by atoms with E-state index in [0.29, 0.717) is 0 Å². The van der Waals surface area contributed by atoms with Gasteiger partial charge in [-0.3, -0.25) is 0 Å². The van der Waals surface area contributed by atoms with Crippen molar-refractivity contribution in [3.8, 4) is 0 Å². The minimum atomic E-state index is -2.71. The summed E-state index contributed by atoms with van der Waals surface area (Å²) in [6, 6.07) is 0. The predicted octanol–water partition coefficient (Wildman–Crippen LogP) is -2.81. The van der Waals surface area contributed by atoms with Crippen molar-refractivity contribution in [1.29, 1.82) is 0 Å². The van der Waals surface area contributed by atoms with Crippen LogP contribution < -0.4 is 51.4 Å². The second-order valence-corrected chi connectivity index (χ2v) is 0.982. The molecular weight excluding hydrogens is 163 g/mol. The van der Waals surface area contributed by atoms with E-state index in [0.717, 1.165) is 0 Å². The normalized spacial score (nSPS) is 7.67. The molecule has 0 aromatic carbocycles. The maximum atomic E-state index is 11.3. The molecule has 0 aromatic heterocycles. The molecule has 0 heterocycles. The Kier molecular flexibility index (Phi) is 8.39. The molecule has 0 rings (SSSR count). The summed E-state index contributed by atoms with van der Waals surface area (Å²) < 4.78 is 33.0. The van der Waals surface area contributed by atoms with Crippen LogP contribution in [0.15, 0.2) is 11.8 Å². The number of rotatable bonds is 1. The summed E-state index contributed by atoms with van der Waals surface area (Å²) in [7, 11) is -2.69. The van der Waals surface area contributed by atoms with Gasteiger partial charge >= 0.3 is 58.5 Å². The van der Waals surface area contributed by atoms with E-state index in [-0.39, 0.29) is 52.8 Å². The Bertz CT molecular complexity index is 117. The molecule has 0 bridgehead atoms. The van der Waals surface area contributed by atoms with Crippen LogP contribution in [0.25, 0.3) is 0 Å². The summed E-state index contributed by atoms with van der Waals surface area (Å²) in [4.78, 5) is 0. The van der Waals surface area contributed by atoms with Crippen molar-refractivity contribution in [3.63, 3.8) is 0 Å². The van der Waals surface area contributed by atoms with Crippen LogP contribution in [0.1, 0.15) is 1.43 Å². The van der Waals surface area contributed by atoms with Crippen LogP contribution >= 0.6 is 0 Å². The van der Waals surface area contributed by atoms with Crippen molar-refractivity contribution in [3.05, 3.63) is 11.8 Å². The first kappa shape index (κ1) is 12.8. The third-order valence-electron chi connectivity index (χ3n) is 0.407. The summed E-state index contributed by atoms with van der Waals surface area (Å²) >= 11 is 0. The second kappa shape index (κ2) is 5.90. The summed E-state index contributed by atoms with van der Waals surface area (Å²) in [6.45, 7) is 0. The van der Waals surface area contributed by atoms with Gasteiger partial charge in [0.15, 0.2) is 5.73 Å². The van der Waals surface area contributed by atoms with E-state index in [9.17, 15) is 13.2 Å². The molecule has 0 amide bonds. The molecule has 0 atom stereocenters. The molecule has 0 aliphatic carbocycles. The first-order chi connectivity index (χ1) is 3.55. The Morgan fingerprint density at radius 1 is 1.22 bits per heavy atom. The molecule has 0 aromatic rings. The fourth-order valence-corrected chi connectivity index (χ4v) is 0.0976. The fourth-order valence-electron chi connectivity index (χ4n) is 0.0976. The van der Waals surface area contributed by atoms with E-state index in [4.69, 9.17) is 10.0 Å². The van der Waals surface area contributed by atoms with Crippen LogP contribution in [0.2, 0.25) is 0 Å². The maximum absolute atomic E-state index is 11.3. The molecule has 7 heteroatoms. The van der Waals surface area contributed by atoms with Crippen molar-refractivity contribution >= 4 is 7.12 Å². The molecule has 0 saturated carbocycles. The van der Waals surface area contributed by atoms with Crippen LogP contribution in [0, 0.1) is 0 Å². The second-order valence-electron chi connectivity index (χ2n) is 0.982. The molecule has 0 radical (unpaired) electrons. The van der Waals surface area contributed by atoms with Gasteiger partial charge in [-0.1, -0.05) is 0 Å². The molecule has 0 unspecified atom stereocenters. The predicted molar refractivity (Wildman–Crippen MR) is 21.7 cm³/mol. The van der Waals surface area contributed by atoms with Crippen molar-refractivity contribution in [2.75, 3.05) is 0 Å². The Hall–Kier alpha value is 1.15. The largest absolute Gasteiger partial charge is 1.00 e. The molecule has 0 aliphatic rings. The Morgan fingerprint density at radius 3 is 1.56 bits per heavy atom. The monoisotopic (exact) mass is 166 g/mol. The third-order valence-corrected chi connectivity index (χ3v) is 0.407. The number of hydrogen-bond donors (Lipinski definition) is 2. The minimum absolute atomic E-state index is 0. The third kappa shape index (κ3) is 5.59. The van der Waals surface area contributed by atoms with E-state index < -0.39 is 18.9 Å². The van der Waals surface area contributed by atoms with Crippen LogP contribution in [0.3, 0.4) is 0 Å². The fraction of sp³-hybridized carbons (Fsp3) is 0. The Morgan fingerprint density at radius 2 is 1.56 bits per heavy atom. The Labute approximate surface area is 93.8 Å². The van der Waals surface area contributed by atoms with E-state index in [1.807, 2.05) is 0 Å². The zero-order valence-corrected chi connectivity index (χ0v) is 7.73. The summed E-state index contributed by atoms with van der Waals surface area (Å²) in [6.07, 6.45) is -2.71. The number of halogens is 3. The first-order valence-electron chi connectivity index (χ1n) is 1.62. The number of hydrogen-bond acceptors (Lipinski definition) is 2. The summed E-state index contributed by atoms with van der Waals surface area (Å²) in [5.74, 6) is 0. The topological polar surface area (TPSA) is 40.5 Å². The van der Waals surface area contributed by atoms with Gasteiger partial charge < -0.3 is 11.5 Å². The van der Waals surface area contributed by atoms with Gasteiger partial charge in [0.2, 0.25) is 0 Å². The van der Waals surface area contributed by atoms with Crippen LogP contribution in [0.4, 0.5) is 13.2 Å². The van der Waals surface area contributed by atoms with Gasteiger partial charge in [-0.15, -0.1) is 0 Å². The van der Waals surface area contributed by atoms with Crippen LogP contribution in [0.5, 0.6) is 0 Å². The maximum Gasteiger partial charge on any atom is 1.00 e. The SMILES string of the molecule is OB(O)C(F)=C(F)F.[H-].[K+]. The van der Waals surface area contributed by atoms with E-state index in [1.54, 1.807) is 0 Å². The van der Waals surface area contributed by atoms with Gasteiger partial charge in [0, 0.05) is 0 Å². The van der Waals surface area contributed by atoms with Crippen LogP contribution in [-0.2, 0) is 0 Å². The zero-order chi connectivity index (χ0) is 6.73. The summed E-state index contributed by atoms with van der Waals surface area (Å²) in [5.41, 5.74) is -2.20. The van der Waals surface area contributed by atoms with Gasteiger partial charge in [0.1, 0.15) is 0 Å². The van der Waals surface area contributed by atoms with Crippen LogP contribution in [-0.4, -0.2) is 17.2 Å². The van der Waals surface area contributed by atoms with Crippen molar-refractivity contribution in [1.82, 2.24) is 0 Å². The minimum Gasteiger partial charge on any atom is -1.00 e. The standard InChI is InChI=1S/C2H2BF3O2.K.H/c4-1(2(5)6)3(7)8;;/h7-8H;;/q;+1;-1. The molecular formula is C2H3BF3KO2. The van der Waals surface area contributed by atoms with E-state index in [2.05, 4.69) is 0 Å². The van der Waals surface area contributed by atoms with Crippen molar-refractivity contribution in [2.24, 2.45) is 0 Å². The van der Waals surface area contributed by atoms with E-state index >= 15 is 0 Å². The molecule has 9 heavy (non-hydrogen) atoms. The molecule has 2 nitrogen and oxygen atoms in total. The van der Waals surface area contributed by atoms with Gasteiger partial charge in [0.25, 0.3) is 6.08 Å². The Balaban J connectivity index is -0.000000245. The van der Waals surface area contributed by atoms with Gasteiger partial charge in [-0.2, -0.15) is 8.78 Å². The van der Waals surface area contributed by atoms with Crippen molar-refractivity contribution < 1.29 is 76.0 Å². The molecule has 0 aliphatic heterocycles. The molecule has 0 fully saturated rings. The van der Waals surface area contributed by atoms with E-state index in [1.165, 1.54) is 0 Å². The first-order valence-corrected chi connectivity index (χ1v) is 1.62. The summed E-state index contributed by atoms with van der Waals surface area (Å²) in [5, 5.41) is 15.3. The molecule has 0 spiro atoms. The molecule has 0 saturated heterocycles. The quantitative estimate of drug-likeness (QED) is 0.413.